The number of fused-ring (bicyclic) bond motifs is 1. The molecule has 0 saturated carbocycles. The predicted octanol–water partition coefficient (Wildman–Crippen LogP) is 5.20. The lowest BCUT2D eigenvalue weighted by Crippen LogP contribution is -2.32. The Balaban J connectivity index is 2.11. The van der Waals surface area contributed by atoms with Crippen molar-refractivity contribution in [2.45, 2.75) is 39.1 Å². The first-order chi connectivity index (χ1) is 12.4. The number of imidazole rings is 1. The largest absolute Gasteiger partial charge is 0.444 e. The minimum absolute atomic E-state index is 0.120. The van der Waals surface area contributed by atoms with Gasteiger partial charge in [0.15, 0.2) is 0 Å². The topological polar surface area (TPSA) is 56.1 Å². The van der Waals surface area contributed by atoms with Gasteiger partial charge in [-0.25, -0.2) is 14.2 Å². The quantitative estimate of drug-likeness (QED) is 0.650. The van der Waals surface area contributed by atoms with Gasteiger partial charge in [0.2, 0.25) is 0 Å². The summed E-state index contributed by atoms with van der Waals surface area (Å²) in [6.07, 6.45) is -2.86. The highest BCUT2D eigenvalue weighted by Gasteiger charge is 2.31. The summed E-state index contributed by atoms with van der Waals surface area (Å²) in [4.78, 5) is 15.5. The molecule has 1 amide bonds. The van der Waals surface area contributed by atoms with Crippen molar-refractivity contribution >= 4 is 33.1 Å². The molecule has 2 aromatic rings. The minimum atomic E-state index is -4.53. The Morgan fingerprint density at radius 2 is 2.00 bits per heavy atom. The third-order valence-electron chi connectivity index (χ3n) is 3.30. The highest BCUT2D eigenvalue weighted by molar-refractivity contribution is 9.10. The van der Waals surface area contributed by atoms with Gasteiger partial charge in [-0.3, -0.25) is 0 Å². The number of halogens is 5. The number of nitrogens with zero attached hydrogens (tertiary/aromatic N) is 2. The van der Waals surface area contributed by atoms with Crippen molar-refractivity contribution < 1.29 is 27.1 Å². The molecule has 0 aliphatic heterocycles. The van der Waals surface area contributed by atoms with Gasteiger partial charge < -0.3 is 14.6 Å². The molecule has 1 N–H and O–H groups in total. The van der Waals surface area contributed by atoms with E-state index < -0.39 is 29.3 Å². The van der Waals surface area contributed by atoms with Gasteiger partial charge in [-0.1, -0.05) is 0 Å². The molecule has 0 radical (unpaired) electrons. The van der Waals surface area contributed by atoms with Crippen LogP contribution >= 0.6 is 15.9 Å². The summed E-state index contributed by atoms with van der Waals surface area (Å²) in [6.45, 7) is 4.65. The first-order valence-electron chi connectivity index (χ1n) is 7.90. The molecule has 0 unspecified atom stereocenters. The van der Waals surface area contributed by atoms with E-state index in [0.717, 1.165) is 18.2 Å². The summed E-state index contributed by atoms with van der Waals surface area (Å²) in [5, 5.41) is 2.37. The zero-order chi connectivity index (χ0) is 20.4. The molecular formula is C17H18BrF4N3O2. The van der Waals surface area contributed by atoms with Crippen molar-refractivity contribution in [2.75, 3.05) is 6.54 Å². The Kier molecular flexibility index (Phi) is 6.18. The van der Waals surface area contributed by atoms with Crippen LogP contribution in [0.5, 0.6) is 0 Å². The van der Waals surface area contributed by atoms with Gasteiger partial charge in [-0.15, -0.1) is 0 Å². The van der Waals surface area contributed by atoms with E-state index in [1.807, 2.05) is 0 Å². The third kappa shape index (κ3) is 5.95. The van der Waals surface area contributed by atoms with Crippen LogP contribution in [0.4, 0.5) is 22.4 Å². The zero-order valence-electron chi connectivity index (χ0n) is 14.8. The van der Waals surface area contributed by atoms with Gasteiger partial charge in [-0.2, -0.15) is 13.2 Å². The fourth-order valence-electron chi connectivity index (χ4n) is 2.20. The molecule has 0 bridgehead atoms. The van der Waals surface area contributed by atoms with Gasteiger partial charge in [0.05, 0.1) is 24.0 Å². The maximum atomic E-state index is 14.1. The molecule has 148 valence electrons. The lowest BCUT2D eigenvalue weighted by atomic mass is 10.2. The number of allylic oxidation sites excluding steroid dienone is 1. The van der Waals surface area contributed by atoms with Crippen LogP contribution in [-0.4, -0.2) is 27.8 Å². The first kappa shape index (κ1) is 21.2. The van der Waals surface area contributed by atoms with Crippen LogP contribution in [0.25, 0.3) is 11.0 Å². The van der Waals surface area contributed by atoms with E-state index in [4.69, 9.17) is 4.74 Å². The van der Waals surface area contributed by atoms with Crippen LogP contribution in [0.3, 0.4) is 0 Å². The molecule has 0 aliphatic rings. The Labute approximate surface area is 161 Å². The molecular weight excluding hydrogens is 434 g/mol. The number of hydrogen-bond acceptors (Lipinski definition) is 3. The molecule has 0 atom stereocenters. The van der Waals surface area contributed by atoms with E-state index >= 15 is 0 Å². The molecule has 10 heteroatoms. The van der Waals surface area contributed by atoms with Crippen LogP contribution in [-0.2, 0) is 17.5 Å². The van der Waals surface area contributed by atoms with E-state index in [-0.39, 0.29) is 23.1 Å². The molecule has 0 saturated heterocycles. The number of alkyl carbamates (subject to hydrolysis) is 1. The fourth-order valence-corrected chi connectivity index (χ4v) is 2.75. The van der Waals surface area contributed by atoms with Crippen molar-refractivity contribution in [2.24, 2.45) is 0 Å². The number of ether oxygens (including phenoxy) is 1. The second-order valence-electron chi connectivity index (χ2n) is 6.73. The van der Waals surface area contributed by atoms with E-state index in [0.29, 0.717) is 5.52 Å². The standard InChI is InChI=1S/C17H18BrF4N3O2/c1-16(2,3)27-15(26)23-5-4-11(19)8-25-9-24-14-12(18)6-10(7-13(14)25)17(20,21)22/h4,6-7,9H,5,8H2,1-3H3,(H,23,26)/b11-4-. The summed E-state index contributed by atoms with van der Waals surface area (Å²) >= 11 is 3.06. The Morgan fingerprint density at radius 3 is 2.59 bits per heavy atom. The summed E-state index contributed by atoms with van der Waals surface area (Å²) < 4.78 is 59.4. The Hall–Kier alpha value is -2.10. The summed E-state index contributed by atoms with van der Waals surface area (Å²) in [5.41, 5.74) is -1.10. The molecule has 0 spiro atoms. The van der Waals surface area contributed by atoms with Crippen LogP contribution in [0.2, 0.25) is 0 Å². The van der Waals surface area contributed by atoms with Crippen LogP contribution in [0.15, 0.2) is 34.8 Å². The second-order valence-corrected chi connectivity index (χ2v) is 7.58. The number of carbonyl (C=O) groups excluding carboxylic acids is 1. The first-order valence-corrected chi connectivity index (χ1v) is 8.69. The predicted molar refractivity (Wildman–Crippen MR) is 95.9 cm³/mol. The van der Waals surface area contributed by atoms with Gasteiger partial charge in [0.1, 0.15) is 16.9 Å². The van der Waals surface area contributed by atoms with E-state index in [1.165, 1.54) is 10.9 Å². The van der Waals surface area contributed by atoms with Crippen molar-refractivity contribution in [1.29, 1.82) is 0 Å². The molecule has 1 aromatic carbocycles. The lowest BCUT2D eigenvalue weighted by molar-refractivity contribution is -0.137. The zero-order valence-corrected chi connectivity index (χ0v) is 16.4. The number of carbonyl (C=O) groups is 1. The van der Waals surface area contributed by atoms with Gasteiger partial charge in [0, 0.05) is 11.0 Å². The van der Waals surface area contributed by atoms with Crippen molar-refractivity contribution in [3.8, 4) is 0 Å². The van der Waals surface area contributed by atoms with Crippen molar-refractivity contribution in [3.63, 3.8) is 0 Å². The van der Waals surface area contributed by atoms with E-state index in [9.17, 15) is 22.4 Å². The summed E-state index contributed by atoms with van der Waals surface area (Å²) in [7, 11) is 0. The number of rotatable bonds is 4. The third-order valence-corrected chi connectivity index (χ3v) is 3.90. The number of nitrogens with one attached hydrogen (secondary N) is 1. The molecule has 0 aliphatic carbocycles. The number of alkyl halides is 3. The van der Waals surface area contributed by atoms with E-state index in [2.05, 4.69) is 26.2 Å². The maximum absolute atomic E-state index is 14.1. The monoisotopic (exact) mass is 451 g/mol. The Bertz CT molecular complexity index is 869. The number of benzene rings is 1. The molecule has 5 nitrogen and oxygen atoms in total. The van der Waals surface area contributed by atoms with Gasteiger partial charge in [0.25, 0.3) is 0 Å². The summed E-state index contributed by atoms with van der Waals surface area (Å²) in [6, 6.07) is 1.84. The highest BCUT2D eigenvalue weighted by atomic mass is 79.9. The van der Waals surface area contributed by atoms with Crippen LogP contribution in [0, 0.1) is 0 Å². The normalized spacial score (nSPS) is 13.1. The molecule has 0 fully saturated rings. The van der Waals surface area contributed by atoms with Crippen molar-refractivity contribution in [1.82, 2.24) is 14.9 Å². The molecule has 1 heterocycles. The van der Waals surface area contributed by atoms with Gasteiger partial charge in [-0.05, 0) is 54.9 Å². The van der Waals surface area contributed by atoms with Crippen LogP contribution < -0.4 is 5.32 Å². The van der Waals surface area contributed by atoms with E-state index in [1.54, 1.807) is 20.8 Å². The number of aromatic nitrogens is 2. The Morgan fingerprint density at radius 1 is 1.33 bits per heavy atom. The molecule has 2 rings (SSSR count). The van der Waals surface area contributed by atoms with Crippen molar-refractivity contribution in [3.05, 3.63) is 40.4 Å². The fraction of sp³-hybridized carbons (Fsp3) is 0.412. The SMILES string of the molecule is CC(C)(C)OC(=O)NC/C=C(\F)Cn1cnc2c(Br)cc(C(F)(F)F)cc21. The van der Waals surface area contributed by atoms with Crippen LogP contribution in [0.1, 0.15) is 26.3 Å². The molecule has 27 heavy (non-hydrogen) atoms. The number of hydrogen-bond donors (Lipinski definition) is 1. The second kappa shape index (κ2) is 7.87. The molecule has 1 aromatic heterocycles. The highest BCUT2D eigenvalue weighted by Crippen LogP contribution is 2.35. The smallest absolute Gasteiger partial charge is 0.416 e. The average molecular weight is 452 g/mol. The average Bonchev–Trinajstić information content (AvgIpc) is 2.88. The summed E-state index contributed by atoms with van der Waals surface area (Å²) in [5.74, 6) is -0.640. The minimum Gasteiger partial charge on any atom is -0.444 e. The van der Waals surface area contributed by atoms with Gasteiger partial charge >= 0.3 is 12.3 Å². The number of amides is 1. The maximum Gasteiger partial charge on any atom is 0.416 e. The lowest BCUT2D eigenvalue weighted by Gasteiger charge is -2.19.